The fourth-order valence-electron chi connectivity index (χ4n) is 1.58. The number of nitrogens with zero attached hydrogens (tertiary/aromatic N) is 3. The van der Waals surface area contributed by atoms with Gasteiger partial charge < -0.3 is 20.7 Å². The van der Waals surface area contributed by atoms with Crippen LogP contribution >= 0.6 is 0 Å². The van der Waals surface area contributed by atoms with E-state index in [9.17, 15) is 4.79 Å². The largest absolute Gasteiger partial charge is 0.409 e. The van der Waals surface area contributed by atoms with E-state index in [0.717, 1.165) is 25.9 Å². The maximum Gasteiger partial charge on any atom is 0.319 e. The van der Waals surface area contributed by atoms with Gasteiger partial charge in [0.15, 0.2) is 0 Å². The summed E-state index contributed by atoms with van der Waals surface area (Å²) < 4.78 is 0. The summed E-state index contributed by atoms with van der Waals surface area (Å²) in [6.07, 6.45) is 2.56. The van der Waals surface area contributed by atoms with Gasteiger partial charge in [0.1, 0.15) is 5.84 Å². The molecule has 0 aromatic carbocycles. The molecule has 0 spiro atoms. The van der Waals surface area contributed by atoms with Gasteiger partial charge in [0, 0.05) is 33.1 Å². The van der Waals surface area contributed by atoms with Crippen molar-refractivity contribution in [2.75, 3.05) is 26.7 Å². The number of carbonyl (C=O) groups is 1. The number of rotatable bonds is 3. The first-order valence-corrected chi connectivity index (χ1v) is 5.11. The number of likely N-dealkylation sites (tertiary alicyclic amines) is 1. The van der Waals surface area contributed by atoms with E-state index in [-0.39, 0.29) is 11.9 Å². The van der Waals surface area contributed by atoms with Crippen molar-refractivity contribution in [1.82, 2.24) is 9.80 Å². The lowest BCUT2D eigenvalue weighted by Crippen LogP contribution is -2.40. The third-order valence-corrected chi connectivity index (χ3v) is 2.53. The molecule has 1 saturated heterocycles. The third kappa shape index (κ3) is 3.30. The lowest BCUT2D eigenvalue weighted by atomic mass is 10.4. The van der Waals surface area contributed by atoms with Gasteiger partial charge in [-0.15, -0.1) is 0 Å². The number of amides is 2. The Morgan fingerprint density at radius 2 is 2.13 bits per heavy atom. The highest BCUT2D eigenvalue weighted by Crippen LogP contribution is 2.09. The van der Waals surface area contributed by atoms with Crippen LogP contribution in [0.2, 0.25) is 0 Å². The molecule has 0 bridgehead atoms. The zero-order chi connectivity index (χ0) is 11.3. The highest BCUT2D eigenvalue weighted by molar-refractivity contribution is 5.80. The summed E-state index contributed by atoms with van der Waals surface area (Å²) >= 11 is 0. The van der Waals surface area contributed by atoms with Crippen LogP contribution in [0.1, 0.15) is 19.3 Å². The second-order valence-corrected chi connectivity index (χ2v) is 3.74. The van der Waals surface area contributed by atoms with Gasteiger partial charge >= 0.3 is 6.03 Å². The SMILES string of the molecule is CN(CCC(N)=NO)C(=O)N1CCCC1. The normalized spacial score (nSPS) is 16.9. The first kappa shape index (κ1) is 11.6. The van der Waals surface area contributed by atoms with Gasteiger partial charge in [-0.25, -0.2) is 4.79 Å². The van der Waals surface area contributed by atoms with E-state index < -0.39 is 0 Å². The van der Waals surface area contributed by atoms with Gasteiger partial charge in [-0.05, 0) is 12.8 Å². The van der Waals surface area contributed by atoms with Gasteiger partial charge in [0.25, 0.3) is 0 Å². The molecule has 1 rings (SSSR count). The maximum absolute atomic E-state index is 11.8. The lowest BCUT2D eigenvalue weighted by molar-refractivity contribution is 0.174. The average Bonchev–Trinajstić information content (AvgIpc) is 2.77. The van der Waals surface area contributed by atoms with Crippen LogP contribution in [0, 0.1) is 0 Å². The molecule has 1 aliphatic heterocycles. The van der Waals surface area contributed by atoms with Crippen LogP contribution in [0.3, 0.4) is 0 Å². The minimum absolute atomic E-state index is 0.0261. The summed E-state index contributed by atoms with van der Waals surface area (Å²) in [5, 5.41) is 11.2. The molecule has 0 aliphatic carbocycles. The average molecular weight is 214 g/mol. The summed E-state index contributed by atoms with van der Waals surface area (Å²) in [6, 6.07) is 0.0261. The number of hydrogen-bond acceptors (Lipinski definition) is 3. The van der Waals surface area contributed by atoms with E-state index >= 15 is 0 Å². The first-order chi connectivity index (χ1) is 7.15. The van der Waals surface area contributed by atoms with Crippen LogP contribution < -0.4 is 5.73 Å². The summed E-state index contributed by atoms with van der Waals surface area (Å²) in [4.78, 5) is 15.2. The third-order valence-electron chi connectivity index (χ3n) is 2.53. The Morgan fingerprint density at radius 1 is 1.53 bits per heavy atom. The molecular formula is C9H18N4O2. The molecule has 2 amide bonds. The quantitative estimate of drug-likeness (QED) is 0.306. The molecule has 0 aromatic heterocycles. The number of carbonyl (C=O) groups excluding carboxylic acids is 1. The molecule has 1 heterocycles. The van der Waals surface area contributed by atoms with Crippen LogP contribution in [-0.2, 0) is 0 Å². The summed E-state index contributed by atoms with van der Waals surface area (Å²) in [6.45, 7) is 2.16. The summed E-state index contributed by atoms with van der Waals surface area (Å²) in [5.74, 6) is 0.149. The molecular weight excluding hydrogens is 196 g/mol. The van der Waals surface area contributed by atoms with Crippen molar-refractivity contribution in [3.05, 3.63) is 0 Å². The van der Waals surface area contributed by atoms with Crippen molar-refractivity contribution in [2.45, 2.75) is 19.3 Å². The second-order valence-electron chi connectivity index (χ2n) is 3.74. The maximum atomic E-state index is 11.8. The topological polar surface area (TPSA) is 82.2 Å². The molecule has 6 nitrogen and oxygen atoms in total. The summed E-state index contributed by atoms with van der Waals surface area (Å²) in [5.41, 5.74) is 5.32. The molecule has 0 saturated carbocycles. The highest BCUT2D eigenvalue weighted by Gasteiger charge is 2.20. The van der Waals surface area contributed by atoms with Crippen molar-refractivity contribution in [1.29, 1.82) is 0 Å². The highest BCUT2D eigenvalue weighted by atomic mass is 16.4. The second kappa shape index (κ2) is 5.43. The lowest BCUT2D eigenvalue weighted by Gasteiger charge is -2.23. The smallest absolute Gasteiger partial charge is 0.319 e. The fourth-order valence-corrected chi connectivity index (χ4v) is 1.58. The Bertz CT molecular complexity index is 248. The Morgan fingerprint density at radius 3 is 2.67 bits per heavy atom. The van der Waals surface area contributed by atoms with Crippen LogP contribution in [0.25, 0.3) is 0 Å². The Hall–Kier alpha value is -1.46. The minimum atomic E-state index is 0.0261. The standard InChI is InChI=1S/C9H18N4O2/c1-12(7-4-8(10)11-15)9(14)13-5-2-3-6-13/h15H,2-7H2,1H3,(H2,10,11). The van der Waals surface area contributed by atoms with Crippen molar-refractivity contribution in [3.8, 4) is 0 Å². The van der Waals surface area contributed by atoms with Crippen molar-refractivity contribution in [2.24, 2.45) is 10.9 Å². The predicted octanol–water partition coefficient (Wildman–Crippen LogP) is 0.270. The van der Waals surface area contributed by atoms with Crippen LogP contribution in [0.4, 0.5) is 4.79 Å². The first-order valence-electron chi connectivity index (χ1n) is 5.11. The molecule has 1 aliphatic rings. The van der Waals surface area contributed by atoms with Gasteiger partial charge in [-0.1, -0.05) is 5.16 Å². The fraction of sp³-hybridized carbons (Fsp3) is 0.778. The number of hydrogen-bond donors (Lipinski definition) is 2. The van der Waals surface area contributed by atoms with Crippen molar-refractivity contribution < 1.29 is 10.0 Å². The number of oxime groups is 1. The van der Waals surface area contributed by atoms with E-state index in [1.807, 2.05) is 4.90 Å². The number of urea groups is 1. The van der Waals surface area contributed by atoms with Gasteiger partial charge in [0.05, 0.1) is 0 Å². The van der Waals surface area contributed by atoms with Crippen LogP contribution in [0.5, 0.6) is 0 Å². The minimum Gasteiger partial charge on any atom is -0.409 e. The number of nitrogens with two attached hydrogens (primary N) is 1. The molecule has 3 N–H and O–H groups in total. The van der Waals surface area contributed by atoms with Gasteiger partial charge in [0.2, 0.25) is 0 Å². The Balaban J connectivity index is 2.32. The molecule has 0 aromatic rings. The number of amidine groups is 1. The van der Waals surface area contributed by atoms with E-state index in [1.54, 1.807) is 11.9 Å². The van der Waals surface area contributed by atoms with E-state index in [1.165, 1.54) is 0 Å². The van der Waals surface area contributed by atoms with E-state index in [4.69, 9.17) is 10.9 Å². The molecule has 0 atom stereocenters. The van der Waals surface area contributed by atoms with Crippen LogP contribution in [0.15, 0.2) is 5.16 Å². The monoisotopic (exact) mass is 214 g/mol. The van der Waals surface area contributed by atoms with Gasteiger partial charge in [-0.2, -0.15) is 0 Å². The zero-order valence-electron chi connectivity index (χ0n) is 9.02. The molecule has 6 heteroatoms. The predicted molar refractivity (Wildman–Crippen MR) is 56.9 cm³/mol. The Labute approximate surface area is 89.3 Å². The molecule has 1 fully saturated rings. The Kier molecular flexibility index (Phi) is 4.20. The van der Waals surface area contributed by atoms with E-state index in [0.29, 0.717) is 13.0 Å². The molecule has 0 unspecified atom stereocenters. The van der Waals surface area contributed by atoms with Gasteiger partial charge in [-0.3, -0.25) is 0 Å². The molecule has 86 valence electrons. The summed E-state index contributed by atoms with van der Waals surface area (Å²) in [7, 11) is 1.73. The molecule has 15 heavy (non-hydrogen) atoms. The van der Waals surface area contributed by atoms with Crippen LogP contribution in [-0.4, -0.2) is 53.6 Å². The molecule has 0 radical (unpaired) electrons. The zero-order valence-corrected chi connectivity index (χ0v) is 9.02. The van der Waals surface area contributed by atoms with Crippen molar-refractivity contribution in [3.63, 3.8) is 0 Å². The van der Waals surface area contributed by atoms with E-state index in [2.05, 4.69) is 5.16 Å². The van der Waals surface area contributed by atoms with Crippen molar-refractivity contribution >= 4 is 11.9 Å².